The summed E-state index contributed by atoms with van der Waals surface area (Å²) < 4.78 is 0. The Morgan fingerprint density at radius 2 is 1.86 bits per heavy atom. The molecule has 0 saturated heterocycles. The minimum Gasteiger partial charge on any atom is -0.392 e. The molecule has 6 nitrogen and oxygen atoms in total. The highest BCUT2D eigenvalue weighted by Gasteiger charge is 2.17. The average molecular weight is 300 g/mol. The number of nitro benzene ring substituents is 1. The number of aliphatic hydroxyl groups is 1. The molecule has 0 spiro atoms. The Balaban J connectivity index is 2.16. The lowest BCUT2D eigenvalue weighted by Crippen LogP contribution is -2.24. The van der Waals surface area contributed by atoms with E-state index < -0.39 is 4.92 Å². The number of nitrogens with zero attached hydrogens (tertiary/aromatic N) is 1. The van der Waals surface area contributed by atoms with E-state index in [-0.39, 0.29) is 30.3 Å². The molecule has 0 atom stereocenters. The molecule has 2 aromatic carbocycles. The zero-order valence-corrected chi connectivity index (χ0v) is 12.1. The molecule has 22 heavy (non-hydrogen) atoms. The monoisotopic (exact) mass is 300 g/mol. The number of hydrogen-bond acceptors (Lipinski definition) is 4. The molecule has 0 aliphatic carbocycles. The summed E-state index contributed by atoms with van der Waals surface area (Å²) >= 11 is 0. The minimum absolute atomic E-state index is 0.0802. The van der Waals surface area contributed by atoms with E-state index in [0.29, 0.717) is 5.56 Å². The van der Waals surface area contributed by atoms with Gasteiger partial charge in [-0.05, 0) is 24.1 Å². The lowest BCUT2D eigenvalue weighted by Gasteiger charge is -2.10. The highest BCUT2D eigenvalue weighted by Crippen LogP contribution is 2.21. The zero-order chi connectivity index (χ0) is 16.1. The van der Waals surface area contributed by atoms with Crippen molar-refractivity contribution in [3.63, 3.8) is 0 Å². The van der Waals surface area contributed by atoms with Crippen molar-refractivity contribution in [2.24, 2.45) is 0 Å². The second-order valence-corrected chi connectivity index (χ2v) is 4.82. The van der Waals surface area contributed by atoms with Crippen molar-refractivity contribution in [2.75, 3.05) is 0 Å². The Kier molecular flexibility index (Phi) is 4.85. The number of amides is 1. The second kappa shape index (κ2) is 6.82. The topological polar surface area (TPSA) is 92.5 Å². The van der Waals surface area contributed by atoms with Gasteiger partial charge in [-0.15, -0.1) is 0 Å². The number of rotatable bonds is 5. The van der Waals surface area contributed by atoms with Crippen LogP contribution in [-0.2, 0) is 13.2 Å². The predicted molar refractivity (Wildman–Crippen MR) is 81.4 cm³/mol. The van der Waals surface area contributed by atoms with Crippen LogP contribution in [0.15, 0.2) is 42.5 Å². The Hall–Kier alpha value is -2.73. The number of hydrogen-bond donors (Lipinski definition) is 2. The van der Waals surface area contributed by atoms with Crippen molar-refractivity contribution in [1.82, 2.24) is 5.32 Å². The first-order chi connectivity index (χ1) is 10.5. The molecular formula is C16H16N2O4. The fraction of sp³-hybridized carbons (Fsp3) is 0.188. The zero-order valence-electron chi connectivity index (χ0n) is 12.1. The average Bonchev–Trinajstić information content (AvgIpc) is 2.52. The van der Waals surface area contributed by atoms with Gasteiger partial charge in [0.2, 0.25) is 0 Å². The first-order valence-corrected chi connectivity index (χ1v) is 6.74. The number of carbonyl (C=O) groups excluding carboxylic acids is 1. The summed E-state index contributed by atoms with van der Waals surface area (Å²) in [5, 5.41) is 22.9. The quantitative estimate of drug-likeness (QED) is 0.654. The van der Waals surface area contributed by atoms with Gasteiger partial charge < -0.3 is 10.4 Å². The van der Waals surface area contributed by atoms with E-state index >= 15 is 0 Å². The molecule has 2 N–H and O–H groups in total. The first kappa shape index (κ1) is 15.7. The number of carbonyl (C=O) groups is 1. The molecular weight excluding hydrogens is 284 g/mol. The normalized spacial score (nSPS) is 10.3. The van der Waals surface area contributed by atoms with Crippen molar-refractivity contribution in [3.05, 3.63) is 74.8 Å². The Bertz CT molecular complexity index is 713. The van der Waals surface area contributed by atoms with Crippen LogP contribution in [0.25, 0.3) is 0 Å². The van der Waals surface area contributed by atoms with Crippen LogP contribution < -0.4 is 5.32 Å². The van der Waals surface area contributed by atoms with Crippen LogP contribution in [0.3, 0.4) is 0 Å². The number of nitrogens with one attached hydrogen (secondary N) is 1. The SMILES string of the molecule is Cc1c(C(=O)NCc2ccccc2CO)cccc1[N+](=O)[O-]. The van der Waals surface area contributed by atoms with E-state index in [2.05, 4.69) is 5.32 Å². The molecule has 0 aliphatic rings. The van der Waals surface area contributed by atoms with Crippen LogP contribution in [0.5, 0.6) is 0 Å². The van der Waals surface area contributed by atoms with E-state index in [0.717, 1.165) is 11.1 Å². The highest BCUT2D eigenvalue weighted by molar-refractivity contribution is 5.96. The molecule has 1 amide bonds. The predicted octanol–water partition coefficient (Wildman–Crippen LogP) is 2.33. The lowest BCUT2D eigenvalue weighted by atomic mass is 10.1. The van der Waals surface area contributed by atoms with E-state index in [4.69, 9.17) is 0 Å². The molecule has 0 fully saturated rings. The largest absolute Gasteiger partial charge is 0.392 e. The third-order valence-corrected chi connectivity index (χ3v) is 3.47. The number of aliphatic hydroxyl groups excluding tert-OH is 1. The summed E-state index contributed by atoms with van der Waals surface area (Å²) in [4.78, 5) is 22.6. The molecule has 0 heterocycles. The number of nitro groups is 1. The highest BCUT2D eigenvalue weighted by atomic mass is 16.6. The maximum Gasteiger partial charge on any atom is 0.273 e. The molecule has 0 radical (unpaired) electrons. The standard InChI is InChI=1S/C16H16N2O4/c1-11-14(7-4-8-15(11)18(21)22)16(20)17-9-12-5-2-3-6-13(12)10-19/h2-8,19H,9-10H2,1H3,(H,17,20). The summed E-state index contributed by atoms with van der Waals surface area (Å²) in [7, 11) is 0. The molecule has 0 aliphatic heterocycles. The van der Waals surface area contributed by atoms with E-state index in [1.165, 1.54) is 12.1 Å². The third kappa shape index (κ3) is 3.29. The van der Waals surface area contributed by atoms with Crippen LogP contribution in [0.2, 0.25) is 0 Å². The van der Waals surface area contributed by atoms with Crippen molar-refractivity contribution in [2.45, 2.75) is 20.1 Å². The van der Waals surface area contributed by atoms with Gasteiger partial charge in [0.25, 0.3) is 11.6 Å². The Labute approximate surface area is 127 Å². The van der Waals surface area contributed by atoms with Gasteiger partial charge in [-0.25, -0.2) is 0 Å². The summed E-state index contributed by atoms with van der Waals surface area (Å²) in [5.41, 5.74) is 2.07. The summed E-state index contributed by atoms with van der Waals surface area (Å²) in [6.45, 7) is 1.69. The molecule has 6 heteroatoms. The van der Waals surface area contributed by atoms with Crippen LogP contribution >= 0.6 is 0 Å². The minimum atomic E-state index is -0.507. The third-order valence-electron chi connectivity index (χ3n) is 3.47. The van der Waals surface area contributed by atoms with Crippen LogP contribution in [0.4, 0.5) is 5.69 Å². The van der Waals surface area contributed by atoms with E-state index in [1.54, 1.807) is 19.1 Å². The molecule has 0 saturated carbocycles. The van der Waals surface area contributed by atoms with Gasteiger partial charge in [-0.2, -0.15) is 0 Å². The molecule has 0 bridgehead atoms. The van der Waals surface area contributed by atoms with Gasteiger partial charge in [-0.1, -0.05) is 30.3 Å². The summed E-state index contributed by atoms with van der Waals surface area (Å²) in [5.74, 6) is -0.381. The maximum atomic E-state index is 12.2. The van der Waals surface area contributed by atoms with Crippen molar-refractivity contribution >= 4 is 11.6 Å². The van der Waals surface area contributed by atoms with Gasteiger partial charge in [-0.3, -0.25) is 14.9 Å². The fourth-order valence-corrected chi connectivity index (χ4v) is 2.22. The molecule has 2 rings (SSSR count). The van der Waals surface area contributed by atoms with Crippen molar-refractivity contribution in [3.8, 4) is 0 Å². The van der Waals surface area contributed by atoms with Gasteiger partial charge in [0.1, 0.15) is 0 Å². The van der Waals surface area contributed by atoms with Crippen LogP contribution in [0, 0.1) is 17.0 Å². The molecule has 2 aromatic rings. The van der Waals surface area contributed by atoms with Crippen molar-refractivity contribution < 1.29 is 14.8 Å². The van der Waals surface area contributed by atoms with Gasteiger partial charge in [0.05, 0.1) is 11.5 Å². The van der Waals surface area contributed by atoms with Gasteiger partial charge in [0, 0.05) is 23.7 Å². The number of benzene rings is 2. The summed E-state index contributed by atoms with van der Waals surface area (Å²) in [6.07, 6.45) is 0. The first-order valence-electron chi connectivity index (χ1n) is 6.74. The molecule has 114 valence electrons. The van der Waals surface area contributed by atoms with E-state index in [1.807, 2.05) is 18.2 Å². The Morgan fingerprint density at radius 1 is 1.18 bits per heavy atom. The van der Waals surface area contributed by atoms with Crippen LogP contribution in [0.1, 0.15) is 27.0 Å². The van der Waals surface area contributed by atoms with Gasteiger partial charge in [0.15, 0.2) is 0 Å². The maximum absolute atomic E-state index is 12.2. The van der Waals surface area contributed by atoms with Crippen molar-refractivity contribution in [1.29, 1.82) is 0 Å². The molecule has 0 aromatic heterocycles. The fourth-order valence-electron chi connectivity index (χ4n) is 2.22. The van der Waals surface area contributed by atoms with E-state index in [9.17, 15) is 20.0 Å². The van der Waals surface area contributed by atoms with Gasteiger partial charge >= 0.3 is 0 Å². The smallest absolute Gasteiger partial charge is 0.273 e. The molecule has 0 unspecified atom stereocenters. The lowest BCUT2D eigenvalue weighted by molar-refractivity contribution is -0.385. The Morgan fingerprint density at radius 3 is 2.50 bits per heavy atom. The second-order valence-electron chi connectivity index (χ2n) is 4.82. The van der Waals surface area contributed by atoms with Crippen LogP contribution in [-0.4, -0.2) is 15.9 Å². The summed E-state index contributed by atoms with van der Waals surface area (Å²) in [6, 6.07) is 11.6.